The van der Waals surface area contributed by atoms with Gasteiger partial charge in [-0.3, -0.25) is 9.20 Å². The number of imidazole rings is 1. The number of rotatable bonds is 3. The van der Waals surface area contributed by atoms with E-state index in [-0.39, 0.29) is 11.9 Å². The summed E-state index contributed by atoms with van der Waals surface area (Å²) < 4.78 is 23.2. The Kier molecular flexibility index (Phi) is 4.00. The van der Waals surface area contributed by atoms with Crippen molar-refractivity contribution in [1.29, 1.82) is 0 Å². The number of fused-ring (bicyclic) bond motifs is 3. The molecule has 4 aromatic rings. The third-order valence-electron chi connectivity index (χ3n) is 4.85. The number of nitrogens with zero attached hydrogens (tertiary/aromatic N) is 2. The number of aromatic nitrogens is 2. The van der Waals surface area contributed by atoms with Gasteiger partial charge in [-0.2, -0.15) is 0 Å². The summed E-state index contributed by atoms with van der Waals surface area (Å²) in [7, 11) is 0. The summed E-state index contributed by atoms with van der Waals surface area (Å²) in [6.45, 7) is 2.00. The van der Waals surface area contributed by atoms with E-state index in [1.54, 1.807) is 18.2 Å². The molecule has 1 N–H and O–H groups in total. The van der Waals surface area contributed by atoms with E-state index in [0.29, 0.717) is 30.0 Å². The maximum atomic E-state index is 14.8. The fraction of sp³-hybridized carbons (Fsp3) is 0.200. The molecule has 0 amide bonds. The Bertz CT molecular complexity index is 1160. The van der Waals surface area contributed by atoms with Gasteiger partial charge in [-0.1, -0.05) is 17.4 Å². The highest BCUT2D eigenvalue weighted by atomic mass is 32.1. The standard InChI is InChI=1S/C20H16FN3O2S/c21-15-8-13(17-11-26-6-5-22-17)2-3-14(15)16-9-24-18-4-1-12(10-25)7-19(18)27-20(24)23-16/h1-4,7-10,17,22H,5-6,11H2. The third kappa shape index (κ3) is 2.84. The van der Waals surface area contributed by atoms with Gasteiger partial charge in [0.1, 0.15) is 12.1 Å². The highest BCUT2D eigenvalue weighted by Crippen LogP contribution is 2.31. The van der Waals surface area contributed by atoms with Gasteiger partial charge < -0.3 is 10.1 Å². The quantitative estimate of drug-likeness (QED) is 0.548. The summed E-state index contributed by atoms with van der Waals surface area (Å²) in [6, 6.07) is 10.8. The number of carbonyl (C=O) groups is 1. The van der Waals surface area contributed by atoms with Gasteiger partial charge in [0.15, 0.2) is 4.96 Å². The van der Waals surface area contributed by atoms with Gasteiger partial charge in [0.25, 0.3) is 0 Å². The summed E-state index contributed by atoms with van der Waals surface area (Å²) in [5.74, 6) is -0.293. The van der Waals surface area contributed by atoms with Gasteiger partial charge in [0.05, 0.1) is 35.2 Å². The molecule has 27 heavy (non-hydrogen) atoms. The van der Waals surface area contributed by atoms with Crippen molar-refractivity contribution in [3.05, 3.63) is 59.5 Å². The average Bonchev–Trinajstić information content (AvgIpc) is 3.25. The number of hydrogen-bond acceptors (Lipinski definition) is 5. The van der Waals surface area contributed by atoms with Crippen LogP contribution in [0.3, 0.4) is 0 Å². The first-order chi connectivity index (χ1) is 13.2. The van der Waals surface area contributed by atoms with Gasteiger partial charge >= 0.3 is 0 Å². The molecule has 1 fully saturated rings. The number of nitrogens with one attached hydrogen (secondary N) is 1. The van der Waals surface area contributed by atoms with E-state index in [2.05, 4.69) is 10.3 Å². The molecule has 0 aliphatic carbocycles. The minimum Gasteiger partial charge on any atom is -0.378 e. The molecule has 0 spiro atoms. The first-order valence-corrected chi connectivity index (χ1v) is 9.52. The Hall–Kier alpha value is -2.61. The minimum absolute atomic E-state index is 0.0174. The molecule has 136 valence electrons. The van der Waals surface area contributed by atoms with Crippen LogP contribution in [0.15, 0.2) is 42.6 Å². The molecule has 0 radical (unpaired) electrons. The second-order valence-corrected chi connectivity index (χ2v) is 7.56. The molecule has 1 saturated heterocycles. The number of benzene rings is 2. The SMILES string of the molecule is O=Cc1ccc2c(c1)sc1nc(-c3ccc(C4COCCN4)cc3F)cn12. The zero-order chi connectivity index (χ0) is 18.4. The molecule has 0 saturated carbocycles. The van der Waals surface area contributed by atoms with Crippen molar-refractivity contribution in [2.75, 3.05) is 19.8 Å². The van der Waals surface area contributed by atoms with Crippen molar-refractivity contribution in [3.63, 3.8) is 0 Å². The Morgan fingerprint density at radius 3 is 3.00 bits per heavy atom. The molecule has 7 heteroatoms. The molecule has 1 atom stereocenters. The van der Waals surface area contributed by atoms with Crippen LogP contribution >= 0.6 is 11.3 Å². The summed E-state index contributed by atoms with van der Waals surface area (Å²) in [6.07, 6.45) is 2.67. The predicted octanol–water partition coefficient (Wildman–Crippen LogP) is 3.83. The van der Waals surface area contributed by atoms with Crippen LogP contribution in [0.1, 0.15) is 22.0 Å². The molecule has 3 heterocycles. The van der Waals surface area contributed by atoms with Gasteiger partial charge in [-0.25, -0.2) is 9.37 Å². The van der Waals surface area contributed by atoms with Crippen LogP contribution in [0.5, 0.6) is 0 Å². The maximum absolute atomic E-state index is 14.8. The summed E-state index contributed by atoms with van der Waals surface area (Å²) in [4.78, 5) is 16.3. The maximum Gasteiger partial charge on any atom is 0.195 e. The van der Waals surface area contributed by atoms with Gasteiger partial charge in [0.2, 0.25) is 0 Å². The van der Waals surface area contributed by atoms with Crippen molar-refractivity contribution in [2.45, 2.75) is 6.04 Å². The summed E-state index contributed by atoms with van der Waals surface area (Å²) >= 11 is 1.48. The first-order valence-electron chi connectivity index (χ1n) is 8.71. The van der Waals surface area contributed by atoms with Crippen molar-refractivity contribution in [3.8, 4) is 11.3 Å². The van der Waals surface area contributed by atoms with E-state index in [1.165, 1.54) is 11.3 Å². The van der Waals surface area contributed by atoms with E-state index in [4.69, 9.17) is 4.74 Å². The number of thiazole rings is 1. The summed E-state index contributed by atoms with van der Waals surface area (Å²) in [5, 5.41) is 3.33. The number of hydrogen-bond donors (Lipinski definition) is 1. The van der Waals surface area contributed by atoms with Crippen molar-refractivity contribution >= 4 is 32.8 Å². The fourth-order valence-electron chi connectivity index (χ4n) is 3.46. The Morgan fingerprint density at radius 1 is 1.30 bits per heavy atom. The molecule has 5 nitrogen and oxygen atoms in total. The van der Waals surface area contributed by atoms with Crippen LogP contribution in [0.2, 0.25) is 0 Å². The summed E-state index contributed by atoms with van der Waals surface area (Å²) in [5.41, 5.74) is 3.54. The zero-order valence-electron chi connectivity index (χ0n) is 14.3. The number of halogens is 1. The second-order valence-electron chi connectivity index (χ2n) is 6.55. The normalized spacial score (nSPS) is 17.6. The van der Waals surface area contributed by atoms with Crippen LogP contribution < -0.4 is 5.32 Å². The highest BCUT2D eigenvalue weighted by Gasteiger charge is 2.18. The van der Waals surface area contributed by atoms with Gasteiger partial charge in [-0.05, 0) is 35.9 Å². The van der Waals surface area contributed by atoms with Gasteiger partial charge in [0, 0.05) is 23.9 Å². The number of morpholine rings is 1. The number of ether oxygens (including phenoxy) is 1. The van der Waals surface area contributed by atoms with Crippen molar-refractivity contribution in [2.24, 2.45) is 0 Å². The first kappa shape index (κ1) is 16.6. The molecule has 2 aromatic heterocycles. The van der Waals surface area contributed by atoms with Crippen LogP contribution in [-0.4, -0.2) is 35.4 Å². The molecule has 1 unspecified atom stereocenters. The van der Waals surface area contributed by atoms with E-state index < -0.39 is 0 Å². The highest BCUT2D eigenvalue weighted by molar-refractivity contribution is 7.23. The van der Waals surface area contributed by atoms with Crippen LogP contribution in [0, 0.1) is 5.82 Å². The lowest BCUT2D eigenvalue weighted by Gasteiger charge is -2.24. The van der Waals surface area contributed by atoms with E-state index >= 15 is 0 Å². The zero-order valence-corrected chi connectivity index (χ0v) is 15.1. The van der Waals surface area contributed by atoms with Gasteiger partial charge in [-0.15, -0.1) is 0 Å². The van der Waals surface area contributed by atoms with E-state index in [0.717, 1.165) is 33.6 Å². The molecule has 5 rings (SSSR count). The molecule has 1 aliphatic rings. The number of carbonyl (C=O) groups excluding carboxylic acids is 1. The van der Waals surface area contributed by atoms with Crippen LogP contribution in [0.25, 0.3) is 26.4 Å². The lowest BCUT2D eigenvalue weighted by Crippen LogP contribution is -2.34. The predicted molar refractivity (Wildman–Crippen MR) is 103 cm³/mol. The van der Waals surface area contributed by atoms with E-state index in [1.807, 2.05) is 28.8 Å². The molecule has 1 aliphatic heterocycles. The molecule has 2 aromatic carbocycles. The van der Waals surface area contributed by atoms with Crippen molar-refractivity contribution < 1.29 is 13.9 Å². The fourth-order valence-corrected chi connectivity index (χ4v) is 4.51. The Balaban J connectivity index is 1.53. The lowest BCUT2D eigenvalue weighted by atomic mass is 10.0. The topological polar surface area (TPSA) is 55.6 Å². The van der Waals surface area contributed by atoms with Crippen LogP contribution in [0.4, 0.5) is 4.39 Å². The second kappa shape index (κ2) is 6.53. The Morgan fingerprint density at radius 2 is 2.22 bits per heavy atom. The van der Waals surface area contributed by atoms with Crippen molar-refractivity contribution in [1.82, 2.24) is 14.7 Å². The number of aldehydes is 1. The van der Waals surface area contributed by atoms with E-state index in [9.17, 15) is 9.18 Å². The third-order valence-corrected chi connectivity index (χ3v) is 5.86. The molecule has 0 bridgehead atoms. The minimum atomic E-state index is -0.293. The average molecular weight is 381 g/mol. The smallest absolute Gasteiger partial charge is 0.195 e. The monoisotopic (exact) mass is 381 g/mol. The van der Waals surface area contributed by atoms with Crippen LogP contribution in [-0.2, 0) is 4.74 Å². The Labute approximate surface area is 158 Å². The molecular weight excluding hydrogens is 365 g/mol. The largest absolute Gasteiger partial charge is 0.378 e. The lowest BCUT2D eigenvalue weighted by molar-refractivity contribution is 0.0768. The molecular formula is C20H16FN3O2S.